The van der Waals surface area contributed by atoms with Crippen molar-refractivity contribution in [2.45, 2.75) is 25.8 Å². The van der Waals surface area contributed by atoms with Gasteiger partial charge in [-0.25, -0.2) is 0 Å². The van der Waals surface area contributed by atoms with Crippen LogP contribution in [0.4, 0.5) is 0 Å². The van der Waals surface area contributed by atoms with Crippen LogP contribution in [0.25, 0.3) is 0 Å². The smallest absolute Gasteiger partial charge is 0.226 e. The van der Waals surface area contributed by atoms with E-state index in [1.165, 1.54) is 0 Å². The highest BCUT2D eigenvalue weighted by Crippen LogP contribution is 2.08. The summed E-state index contributed by atoms with van der Waals surface area (Å²) in [6.45, 7) is 3.64. The first-order valence-corrected chi connectivity index (χ1v) is 5.42. The molecule has 92 valence electrons. The molecule has 0 bridgehead atoms. The number of rotatable bonds is 8. The fourth-order valence-electron chi connectivity index (χ4n) is 1.21. The van der Waals surface area contributed by atoms with E-state index >= 15 is 0 Å². The van der Waals surface area contributed by atoms with E-state index in [0.29, 0.717) is 38.0 Å². The van der Waals surface area contributed by atoms with Gasteiger partial charge >= 0.3 is 0 Å². The number of nitrogens with zero attached hydrogens (tertiary/aromatic N) is 2. The molecular formula is C10H19N3O3. The quantitative estimate of drug-likeness (QED) is 0.660. The maximum absolute atomic E-state index is 5.81. The molecule has 1 aromatic heterocycles. The van der Waals surface area contributed by atoms with Crippen molar-refractivity contribution in [2.75, 3.05) is 26.9 Å². The Labute approximate surface area is 95.1 Å². The van der Waals surface area contributed by atoms with Crippen molar-refractivity contribution in [1.29, 1.82) is 0 Å². The number of ether oxygens (including phenoxy) is 2. The van der Waals surface area contributed by atoms with E-state index in [9.17, 15) is 0 Å². The van der Waals surface area contributed by atoms with Gasteiger partial charge in [-0.15, -0.1) is 0 Å². The lowest BCUT2D eigenvalue weighted by Gasteiger charge is -2.05. The molecule has 0 aliphatic carbocycles. The van der Waals surface area contributed by atoms with Gasteiger partial charge in [0.15, 0.2) is 5.82 Å². The first kappa shape index (κ1) is 13.1. The summed E-state index contributed by atoms with van der Waals surface area (Å²) in [5.74, 6) is 1.10. The molecule has 0 fully saturated rings. The number of methoxy groups -OCH3 is 1. The van der Waals surface area contributed by atoms with E-state index in [-0.39, 0.29) is 6.04 Å². The van der Waals surface area contributed by atoms with Crippen LogP contribution in [0, 0.1) is 0 Å². The molecule has 1 rings (SSSR count). The zero-order valence-electron chi connectivity index (χ0n) is 9.81. The van der Waals surface area contributed by atoms with Crippen LogP contribution in [0.3, 0.4) is 0 Å². The van der Waals surface area contributed by atoms with Crippen LogP contribution in [0.5, 0.6) is 0 Å². The maximum atomic E-state index is 5.81. The topological polar surface area (TPSA) is 83.4 Å². The Morgan fingerprint density at radius 2 is 2.31 bits per heavy atom. The average Bonchev–Trinajstić information content (AvgIpc) is 2.75. The summed E-state index contributed by atoms with van der Waals surface area (Å²) < 4.78 is 15.2. The summed E-state index contributed by atoms with van der Waals surface area (Å²) in [6, 6.07) is -0.320. The summed E-state index contributed by atoms with van der Waals surface area (Å²) in [5, 5.41) is 3.82. The third-order valence-corrected chi connectivity index (χ3v) is 2.06. The fraction of sp³-hybridized carbons (Fsp3) is 0.800. The van der Waals surface area contributed by atoms with Gasteiger partial charge in [0.1, 0.15) is 0 Å². The minimum absolute atomic E-state index is 0.320. The molecule has 0 aliphatic rings. The zero-order valence-corrected chi connectivity index (χ0v) is 9.81. The SMILES string of the molecule is CCOCC(N)c1noc(CCCOC)n1. The zero-order chi connectivity index (χ0) is 11.8. The number of aromatic nitrogens is 2. The van der Waals surface area contributed by atoms with Gasteiger partial charge in [-0.2, -0.15) is 4.98 Å². The molecule has 16 heavy (non-hydrogen) atoms. The van der Waals surface area contributed by atoms with Crippen molar-refractivity contribution in [3.05, 3.63) is 11.7 Å². The first-order valence-electron chi connectivity index (χ1n) is 5.42. The predicted molar refractivity (Wildman–Crippen MR) is 57.9 cm³/mol. The third kappa shape index (κ3) is 4.26. The second-order valence-corrected chi connectivity index (χ2v) is 3.41. The molecule has 0 saturated carbocycles. The molecule has 6 nitrogen and oxygen atoms in total. The summed E-state index contributed by atoms with van der Waals surface area (Å²) in [4.78, 5) is 4.20. The van der Waals surface area contributed by atoms with Gasteiger partial charge < -0.3 is 19.7 Å². The Morgan fingerprint density at radius 3 is 3.00 bits per heavy atom. The fourth-order valence-corrected chi connectivity index (χ4v) is 1.21. The van der Waals surface area contributed by atoms with E-state index in [1.807, 2.05) is 6.92 Å². The van der Waals surface area contributed by atoms with Crippen LogP contribution in [0.2, 0.25) is 0 Å². The number of hydrogen-bond donors (Lipinski definition) is 1. The van der Waals surface area contributed by atoms with Crippen molar-refractivity contribution in [2.24, 2.45) is 5.73 Å². The molecule has 1 unspecified atom stereocenters. The Balaban J connectivity index is 2.37. The van der Waals surface area contributed by atoms with Crippen molar-refractivity contribution in [3.8, 4) is 0 Å². The molecule has 0 amide bonds. The van der Waals surface area contributed by atoms with Gasteiger partial charge in [-0.3, -0.25) is 0 Å². The summed E-state index contributed by atoms with van der Waals surface area (Å²) in [5.41, 5.74) is 5.81. The lowest BCUT2D eigenvalue weighted by molar-refractivity contribution is 0.130. The third-order valence-electron chi connectivity index (χ3n) is 2.06. The van der Waals surface area contributed by atoms with Crippen LogP contribution >= 0.6 is 0 Å². The van der Waals surface area contributed by atoms with Crippen LogP contribution < -0.4 is 5.73 Å². The van der Waals surface area contributed by atoms with E-state index in [0.717, 1.165) is 6.42 Å². The lowest BCUT2D eigenvalue weighted by Crippen LogP contribution is -2.18. The number of nitrogens with two attached hydrogens (primary N) is 1. The van der Waals surface area contributed by atoms with Crippen LogP contribution in [0.1, 0.15) is 31.1 Å². The molecule has 0 aliphatic heterocycles. The Morgan fingerprint density at radius 1 is 1.50 bits per heavy atom. The lowest BCUT2D eigenvalue weighted by atomic mass is 10.3. The molecule has 1 aromatic rings. The van der Waals surface area contributed by atoms with Crippen LogP contribution in [-0.4, -0.2) is 37.1 Å². The summed E-state index contributed by atoms with van der Waals surface area (Å²) >= 11 is 0. The number of hydrogen-bond acceptors (Lipinski definition) is 6. The van der Waals surface area contributed by atoms with Crippen LogP contribution in [-0.2, 0) is 15.9 Å². The van der Waals surface area contributed by atoms with Crippen molar-refractivity contribution >= 4 is 0 Å². The molecule has 1 atom stereocenters. The first-order chi connectivity index (χ1) is 7.77. The summed E-state index contributed by atoms with van der Waals surface area (Å²) in [7, 11) is 1.66. The molecular weight excluding hydrogens is 210 g/mol. The highest BCUT2D eigenvalue weighted by molar-refractivity contribution is 4.93. The molecule has 1 heterocycles. The largest absolute Gasteiger partial charge is 0.385 e. The maximum Gasteiger partial charge on any atom is 0.226 e. The van der Waals surface area contributed by atoms with Crippen LogP contribution in [0.15, 0.2) is 4.52 Å². The molecule has 0 spiro atoms. The van der Waals surface area contributed by atoms with Crippen molar-refractivity contribution < 1.29 is 14.0 Å². The monoisotopic (exact) mass is 229 g/mol. The van der Waals surface area contributed by atoms with Gasteiger partial charge in [0, 0.05) is 26.7 Å². The minimum atomic E-state index is -0.320. The second-order valence-electron chi connectivity index (χ2n) is 3.41. The van der Waals surface area contributed by atoms with E-state index in [4.69, 9.17) is 19.7 Å². The van der Waals surface area contributed by atoms with Crippen molar-refractivity contribution in [3.63, 3.8) is 0 Å². The molecule has 2 N–H and O–H groups in total. The summed E-state index contributed by atoms with van der Waals surface area (Å²) in [6.07, 6.45) is 1.57. The van der Waals surface area contributed by atoms with E-state index < -0.39 is 0 Å². The Hall–Kier alpha value is -0.980. The van der Waals surface area contributed by atoms with Gasteiger partial charge in [-0.05, 0) is 13.3 Å². The Bertz CT molecular complexity index is 291. The average molecular weight is 229 g/mol. The molecule has 0 aromatic carbocycles. The number of aryl methyl sites for hydroxylation is 1. The Kier molecular flexibility index (Phi) is 5.99. The van der Waals surface area contributed by atoms with Gasteiger partial charge in [0.2, 0.25) is 5.89 Å². The van der Waals surface area contributed by atoms with E-state index in [1.54, 1.807) is 7.11 Å². The molecule has 6 heteroatoms. The van der Waals surface area contributed by atoms with Crippen molar-refractivity contribution in [1.82, 2.24) is 10.1 Å². The van der Waals surface area contributed by atoms with Gasteiger partial charge in [0.25, 0.3) is 0 Å². The highest BCUT2D eigenvalue weighted by atomic mass is 16.5. The standard InChI is InChI=1S/C10H19N3O3/c1-3-15-7-8(11)10-12-9(16-13-10)5-4-6-14-2/h8H,3-7,11H2,1-2H3. The van der Waals surface area contributed by atoms with Gasteiger partial charge in [0.05, 0.1) is 12.6 Å². The predicted octanol–water partition coefficient (Wildman–Crippen LogP) is 0.685. The molecule has 0 radical (unpaired) electrons. The van der Waals surface area contributed by atoms with E-state index in [2.05, 4.69) is 10.1 Å². The molecule has 0 saturated heterocycles. The highest BCUT2D eigenvalue weighted by Gasteiger charge is 2.13. The minimum Gasteiger partial charge on any atom is -0.385 e. The van der Waals surface area contributed by atoms with Gasteiger partial charge in [-0.1, -0.05) is 5.16 Å². The second kappa shape index (κ2) is 7.32. The normalized spacial score (nSPS) is 12.9.